The number of ketones is 2. The van der Waals surface area contributed by atoms with Crippen molar-refractivity contribution in [2.24, 2.45) is 0 Å². The standard InChI is InChI=1S/C24H21NO6S/c1-14-20(7-8-30-17-4-2-3-15(9-17)12-32-13-23(28)29)25-24(31-14)16-5-6-18-19(10-16)22(27)11-21(18)26/h2-6,9-10H,7-8,11-13H2,1H3,(H,28,29). The highest BCUT2D eigenvalue weighted by Gasteiger charge is 2.28. The van der Waals surface area contributed by atoms with E-state index in [1.165, 1.54) is 11.8 Å². The van der Waals surface area contributed by atoms with Crippen LogP contribution in [0.2, 0.25) is 0 Å². The van der Waals surface area contributed by atoms with Crippen LogP contribution in [0.25, 0.3) is 11.5 Å². The quantitative estimate of drug-likeness (QED) is 0.478. The lowest BCUT2D eigenvalue weighted by Gasteiger charge is -2.07. The molecule has 1 aromatic heterocycles. The number of aromatic nitrogens is 1. The highest BCUT2D eigenvalue weighted by atomic mass is 32.2. The van der Waals surface area contributed by atoms with Gasteiger partial charge in [-0.05, 0) is 42.8 Å². The monoisotopic (exact) mass is 451 g/mol. The Bertz CT molecular complexity index is 1200. The first-order valence-corrected chi connectivity index (χ1v) is 11.2. The van der Waals surface area contributed by atoms with Crippen LogP contribution in [0.3, 0.4) is 0 Å². The molecule has 4 rings (SSSR count). The second kappa shape index (κ2) is 9.40. The molecule has 0 atom stereocenters. The summed E-state index contributed by atoms with van der Waals surface area (Å²) in [6.45, 7) is 2.23. The number of Topliss-reactive ketones (excluding diaryl/α,β-unsaturated/α-hetero) is 2. The summed E-state index contributed by atoms with van der Waals surface area (Å²) in [5.41, 5.74) is 3.30. The number of aliphatic carboxylic acids is 1. The van der Waals surface area contributed by atoms with E-state index < -0.39 is 5.97 Å². The fraction of sp³-hybridized carbons (Fsp3) is 0.250. The molecule has 0 spiro atoms. The van der Waals surface area contributed by atoms with Crippen molar-refractivity contribution in [2.75, 3.05) is 12.4 Å². The van der Waals surface area contributed by atoms with Crippen molar-refractivity contribution in [3.8, 4) is 17.2 Å². The lowest BCUT2D eigenvalue weighted by Crippen LogP contribution is -2.03. The van der Waals surface area contributed by atoms with Crippen LogP contribution < -0.4 is 4.74 Å². The van der Waals surface area contributed by atoms with Gasteiger partial charge in [0, 0.05) is 28.9 Å². The number of thioether (sulfide) groups is 1. The lowest BCUT2D eigenvalue weighted by molar-refractivity contribution is -0.133. The van der Waals surface area contributed by atoms with Gasteiger partial charge in [0.1, 0.15) is 11.5 Å². The van der Waals surface area contributed by atoms with E-state index in [0.29, 0.717) is 52.9 Å². The molecule has 164 valence electrons. The summed E-state index contributed by atoms with van der Waals surface area (Å²) in [7, 11) is 0. The SMILES string of the molecule is Cc1oc(-c2ccc3c(c2)C(=O)CC3=O)nc1CCOc1cccc(CSCC(=O)O)c1. The van der Waals surface area contributed by atoms with Crippen LogP contribution in [0.1, 0.15) is 44.2 Å². The zero-order valence-corrected chi connectivity index (χ0v) is 18.2. The number of benzene rings is 2. The number of fused-ring (bicyclic) bond motifs is 1. The number of ether oxygens (including phenoxy) is 1. The van der Waals surface area contributed by atoms with Gasteiger partial charge in [-0.3, -0.25) is 14.4 Å². The van der Waals surface area contributed by atoms with Crippen LogP contribution in [0, 0.1) is 6.92 Å². The van der Waals surface area contributed by atoms with Crippen molar-refractivity contribution in [3.05, 3.63) is 70.6 Å². The molecule has 32 heavy (non-hydrogen) atoms. The molecule has 0 bridgehead atoms. The third-order valence-electron chi connectivity index (χ3n) is 5.08. The molecule has 0 saturated carbocycles. The average molecular weight is 452 g/mol. The van der Waals surface area contributed by atoms with E-state index in [1.54, 1.807) is 18.2 Å². The molecule has 2 aromatic carbocycles. The molecule has 1 N–H and O–H groups in total. The maximum Gasteiger partial charge on any atom is 0.313 e. The number of carbonyl (C=O) groups is 3. The molecule has 0 amide bonds. The van der Waals surface area contributed by atoms with Crippen LogP contribution in [0.5, 0.6) is 5.75 Å². The van der Waals surface area contributed by atoms with Gasteiger partial charge in [0.25, 0.3) is 0 Å². The second-order valence-electron chi connectivity index (χ2n) is 7.44. The van der Waals surface area contributed by atoms with Gasteiger partial charge in [-0.15, -0.1) is 11.8 Å². The van der Waals surface area contributed by atoms with Gasteiger partial charge >= 0.3 is 5.97 Å². The topological polar surface area (TPSA) is 107 Å². The smallest absolute Gasteiger partial charge is 0.313 e. The van der Waals surface area contributed by atoms with E-state index in [1.807, 2.05) is 31.2 Å². The predicted octanol–water partition coefficient (Wildman–Crippen LogP) is 4.36. The highest BCUT2D eigenvalue weighted by molar-refractivity contribution is 7.99. The number of oxazole rings is 1. The van der Waals surface area contributed by atoms with Crippen LogP contribution in [0.4, 0.5) is 0 Å². The molecule has 0 aliphatic heterocycles. The van der Waals surface area contributed by atoms with E-state index >= 15 is 0 Å². The Morgan fingerprint density at radius 2 is 1.97 bits per heavy atom. The van der Waals surface area contributed by atoms with E-state index in [0.717, 1.165) is 11.3 Å². The summed E-state index contributed by atoms with van der Waals surface area (Å²) in [6, 6.07) is 12.6. The summed E-state index contributed by atoms with van der Waals surface area (Å²) >= 11 is 1.34. The number of carbonyl (C=O) groups excluding carboxylic acids is 2. The van der Waals surface area contributed by atoms with E-state index in [2.05, 4.69) is 4.98 Å². The third-order valence-corrected chi connectivity index (χ3v) is 6.07. The van der Waals surface area contributed by atoms with Crippen LogP contribution in [-0.4, -0.2) is 40.0 Å². The average Bonchev–Trinajstić information content (AvgIpc) is 3.27. The Labute approximate surface area is 188 Å². The first kappa shape index (κ1) is 21.8. The number of hydrogen-bond acceptors (Lipinski definition) is 7. The number of hydrogen-bond donors (Lipinski definition) is 1. The first-order chi connectivity index (χ1) is 15.4. The zero-order chi connectivity index (χ0) is 22.7. The maximum absolute atomic E-state index is 12.0. The van der Waals surface area contributed by atoms with Gasteiger partial charge < -0.3 is 14.3 Å². The molecule has 1 aliphatic carbocycles. The number of rotatable bonds is 9. The van der Waals surface area contributed by atoms with Gasteiger partial charge in [0.2, 0.25) is 5.89 Å². The fourth-order valence-electron chi connectivity index (χ4n) is 3.52. The summed E-state index contributed by atoms with van der Waals surface area (Å²) in [5, 5.41) is 8.74. The van der Waals surface area contributed by atoms with Crippen molar-refractivity contribution in [1.29, 1.82) is 0 Å². The minimum Gasteiger partial charge on any atom is -0.493 e. The Morgan fingerprint density at radius 1 is 1.16 bits per heavy atom. The predicted molar refractivity (Wildman–Crippen MR) is 119 cm³/mol. The van der Waals surface area contributed by atoms with Gasteiger partial charge in [0.05, 0.1) is 24.5 Å². The summed E-state index contributed by atoms with van der Waals surface area (Å²) in [6.07, 6.45) is 0.459. The van der Waals surface area contributed by atoms with Gasteiger partial charge in [-0.25, -0.2) is 4.98 Å². The van der Waals surface area contributed by atoms with Crippen molar-refractivity contribution in [1.82, 2.24) is 4.98 Å². The number of carboxylic acid groups (broad SMARTS) is 1. The van der Waals surface area contributed by atoms with Crippen molar-refractivity contribution in [3.63, 3.8) is 0 Å². The molecular formula is C24H21NO6S. The number of aryl methyl sites for hydroxylation is 1. The van der Waals surface area contributed by atoms with E-state index in [-0.39, 0.29) is 23.7 Å². The Hall–Kier alpha value is -3.39. The minimum atomic E-state index is -0.829. The van der Waals surface area contributed by atoms with E-state index in [4.69, 9.17) is 14.3 Å². The molecule has 7 nitrogen and oxygen atoms in total. The van der Waals surface area contributed by atoms with E-state index in [9.17, 15) is 14.4 Å². The molecule has 8 heteroatoms. The Kier molecular flexibility index (Phi) is 6.41. The molecule has 0 fully saturated rings. The normalized spacial score (nSPS) is 12.8. The summed E-state index contributed by atoms with van der Waals surface area (Å²) in [4.78, 5) is 39.0. The van der Waals surface area contributed by atoms with Crippen molar-refractivity contribution >= 4 is 29.3 Å². The molecular weight excluding hydrogens is 430 g/mol. The van der Waals surface area contributed by atoms with Gasteiger partial charge in [0.15, 0.2) is 11.6 Å². The first-order valence-electron chi connectivity index (χ1n) is 10.1. The molecule has 1 aliphatic rings. The third kappa shape index (κ3) is 4.91. The molecule has 1 heterocycles. The molecule has 0 saturated heterocycles. The largest absolute Gasteiger partial charge is 0.493 e. The van der Waals surface area contributed by atoms with Crippen LogP contribution in [-0.2, 0) is 17.0 Å². The molecule has 3 aromatic rings. The Morgan fingerprint density at radius 3 is 2.78 bits per heavy atom. The second-order valence-corrected chi connectivity index (χ2v) is 8.42. The Balaban J connectivity index is 1.38. The van der Waals surface area contributed by atoms with Crippen LogP contribution >= 0.6 is 11.8 Å². The molecule has 0 unspecified atom stereocenters. The molecule has 0 radical (unpaired) electrons. The van der Waals surface area contributed by atoms with Crippen LogP contribution in [0.15, 0.2) is 46.9 Å². The van der Waals surface area contributed by atoms with Crippen molar-refractivity contribution < 1.29 is 28.6 Å². The van der Waals surface area contributed by atoms with Gasteiger partial charge in [-0.1, -0.05) is 12.1 Å². The maximum atomic E-state index is 12.0. The van der Waals surface area contributed by atoms with Crippen molar-refractivity contribution in [2.45, 2.75) is 25.5 Å². The minimum absolute atomic E-state index is 0.0630. The highest BCUT2D eigenvalue weighted by Crippen LogP contribution is 2.29. The van der Waals surface area contributed by atoms with Gasteiger partial charge in [-0.2, -0.15) is 0 Å². The number of carboxylic acids is 1. The number of nitrogens with zero attached hydrogens (tertiary/aromatic N) is 1. The lowest BCUT2D eigenvalue weighted by atomic mass is 10.1. The summed E-state index contributed by atoms with van der Waals surface area (Å²) in [5.74, 6) is 1.30. The summed E-state index contributed by atoms with van der Waals surface area (Å²) < 4.78 is 11.6. The fourth-order valence-corrected chi connectivity index (χ4v) is 4.21. The zero-order valence-electron chi connectivity index (χ0n) is 17.4.